The van der Waals surface area contributed by atoms with Crippen LogP contribution in [0.25, 0.3) is 11.3 Å². The summed E-state index contributed by atoms with van der Waals surface area (Å²) in [4.78, 5) is 24.9. The van der Waals surface area contributed by atoms with Crippen molar-refractivity contribution >= 4 is 23.5 Å². The molecule has 1 aliphatic rings. The molecule has 0 spiro atoms. The van der Waals surface area contributed by atoms with Crippen molar-refractivity contribution in [2.75, 3.05) is 19.8 Å². The maximum Gasteiger partial charge on any atom is 0.328 e. The van der Waals surface area contributed by atoms with Gasteiger partial charge in [0.25, 0.3) is 5.91 Å². The summed E-state index contributed by atoms with van der Waals surface area (Å²) in [6.45, 7) is 0.421. The fourth-order valence-corrected chi connectivity index (χ4v) is 2.54. The van der Waals surface area contributed by atoms with E-state index >= 15 is 0 Å². The van der Waals surface area contributed by atoms with Crippen molar-refractivity contribution in [1.82, 2.24) is 10.1 Å². The quantitative estimate of drug-likeness (QED) is 0.920. The molecule has 0 bridgehead atoms. The summed E-state index contributed by atoms with van der Waals surface area (Å²) in [5, 5.41) is 13.6. The highest BCUT2D eigenvalue weighted by Gasteiger charge is 2.34. The van der Waals surface area contributed by atoms with Crippen LogP contribution in [-0.4, -0.2) is 52.8 Å². The lowest BCUT2D eigenvalue weighted by molar-refractivity contribution is -0.147. The first-order chi connectivity index (χ1) is 11.1. The van der Waals surface area contributed by atoms with Gasteiger partial charge in [0, 0.05) is 23.2 Å². The standard InChI is InChI=1S/C15H13ClN2O5/c16-10-3-1-2-9(6-10)11-7-13(23-17-11)14(19)18-4-5-22-8-12(18)15(20)21/h1-3,6-7,12H,4-5,8H2,(H,20,21). The zero-order valence-corrected chi connectivity index (χ0v) is 12.7. The molecule has 7 nitrogen and oxygen atoms in total. The van der Waals surface area contributed by atoms with Gasteiger partial charge in [-0.2, -0.15) is 0 Å². The molecule has 23 heavy (non-hydrogen) atoms. The second-order valence-corrected chi connectivity index (χ2v) is 5.45. The molecule has 8 heteroatoms. The van der Waals surface area contributed by atoms with E-state index in [1.807, 2.05) is 0 Å². The number of hydrogen-bond donors (Lipinski definition) is 1. The fraction of sp³-hybridized carbons (Fsp3) is 0.267. The number of halogens is 1. The number of hydrogen-bond acceptors (Lipinski definition) is 5. The minimum Gasteiger partial charge on any atom is -0.480 e. The Labute approximate surface area is 136 Å². The van der Waals surface area contributed by atoms with Gasteiger partial charge < -0.3 is 19.3 Å². The second kappa shape index (κ2) is 6.39. The Balaban J connectivity index is 1.84. The molecule has 1 aromatic carbocycles. The number of ether oxygens (including phenoxy) is 1. The first-order valence-corrected chi connectivity index (χ1v) is 7.28. The number of carboxylic acid groups (broad SMARTS) is 1. The number of carboxylic acids is 1. The largest absolute Gasteiger partial charge is 0.480 e. The number of benzene rings is 1. The third-order valence-electron chi connectivity index (χ3n) is 3.52. The minimum absolute atomic E-state index is 0.0203. The van der Waals surface area contributed by atoms with Crippen molar-refractivity contribution < 1.29 is 24.0 Å². The van der Waals surface area contributed by atoms with Crippen LogP contribution in [0.1, 0.15) is 10.6 Å². The van der Waals surface area contributed by atoms with Crippen molar-refractivity contribution in [3.63, 3.8) is 0 Å². The molecule has 1 N–H and O–H groups in total. The van der Waals surface area contributed by atoms with E-state index in [-0.39, 0.29) is 25.5 Å². The molecular formula is C15H13ClN2O5. The van der Waals surface area contributed by atoms with Crippen molar-refractivity contribution in [3.05, 3.63) is 41.1 Å². The Bertz CT molecular complexity index is 745. The van der Waals surface area contributed by atoms with E-state index in [0.717, 1.165) is 0 Å². The molecule has 1 atom stereocenters. The molecular weight excluding hydrogens is 324 g/mol. The number of carbonyl (C=O) groups excluding carboxylic acids is 1. The lowest BCUT2D eigenvalue weighted by Crippen LogP contribution is -2.52. The minimum atomic E-state index is -1.12. The molecule has 1 amide bonds. The lowest BCUT2D eigenvalue weighted by Gasteiger charge is -2.31. The predicted octanol–water partition coefficient (Wildman–Crippen LogP) is 1.92. The van der Waals surface area contributed by atoms with E-state index < -0.39 is 17.9 Å². The molecule has 1 aromatic heterocycles. The lowest BCUT2D eigenvalue weighted by atomic mass is 10.1. The predicted molar refractivity (Wildman–Crippen MR) is 80.2 cm³/mol. The summed E-state index contributed by atoms with van der Waals surface area (Å²) in [6.07, 6.45) is 0. The van der Waals surface area contributed by atoms with E-state index in [0.29, 0.717) is 16.3 Å². The van der Waals surface area contributed by atoms with Crippen LogP contribution < -0.4 is 0 Å². The highest BCUT2D eigenvalue weighted by molar-refractivity contribution is 6.30. The first-order valence-electron chi connectivity index (χ1n) is 6.90. The third-order valence-corrected chi connectivity index (χ3v) is 3.75. The molecule has 2 aromatic rings. The number of aromatic nitrogens is 1. The highest BCUT2D eigenvalue weighted by Crippen LogP contribution is 2.23. The molecule has 0 aliphatic carbocycles. The van der Waals surface area contributed by atoms with Crippen LogP contribution >= 0.6 is 11.6 Å². The zero-order chi connectivity index (χ0) is 16.4. The van der Waals surface area contributed by atoms with Gasteiger partial charge in [0.05, 0.1) is 13.2 Å². The van der Waals surface area contributed by atoms with E-state index in [1.54, 1.807) is 24.3 Å². The first kappa shape index (κ1) is 15.5. The van der Waals surface area contributed by atoms with Crippen LogP contribution in [0, 0.1) is 0 Å². The fourth-order valence-electron chi connectivity index (χ4n) is 2.35. The molecule has 2 heterocycles. The van der Waals surface area contributed by atoms with E-state index in [4.69, 9.17) is 20.9 Å². The number of rotatable bonds is 3. The molecule has 1 unspecified atom stereocenters. The van der Waals surface area contributed by atoms with Crippen LogP contribution in [-0.2, 0) is 9.53 Å². The van der Waals surface area contributed by atoms with E-state index in [9.17, 15) is 14.7 Å². The molecule has 1 saturated heterocycles. The van der Waals surface area contributed by atoms with E-state index in [2.05, 4.69) is 5.16 Å². The summed E-state index contributed by atoms with van der Waals surface area (Å²) >= 11 is 5.93. The maximum atomic E-state index is 12.5. The van der Waals surface area contributed by atoms with Crippen molar-refractivity contribution in [3.8, 4) is 11.3 Å². The summed E-state index contributed by atoms with van der Waals surface area (Å²) < 4.78 is 10.2. The molecule has 0 saturated carbocycles. The Morgan fingerprint density at radius 1 is 1.35 bits per heavy atom. The summed E-state index contributed by atoms with van der Waals surface area (Å²) in [6, 6.07) is 7.41. The summed E-state index contributed by atoms with van der Waals surface area (Å²) in [5.41, 5.74) is 1.16. The highest BCUT2D eigenvalue weighted by atomic mass is 35.5. The molecule has 3 rings (SSSR count). The normalized spacial score (nSPS) is 18.0. The van der Waals surface area contributed by atoms with Crippen molar-refractivity contribution in [2.24, 2.45) is 0 Å². The Morgan fingerprint density at radius 3 is 2.91 bits per heavy atom. The maximum absolute atomic E-state index is 12.5. The SMILES string of the molecule is O=C(O)C1COCCN1C(=O)c1cc(-c2cccc(Cl)c2)no1. The second-order valence-electron chi connectivity index (χ2n) is 5.01. The van der Waals surface area contributed by atoms with Crippen LogP contribution in [0.4, 0.5) is 0 Å². The number of amides is 1. The van der Waals surface area contributed by atoms with Gasteiger partial charge in [-0.15, -0.1) is 0 Å². The number of carbonyl (C=O) groups is 2. The van der Waals surface area contributed by atoms with Gasteiger partial charge in [-0.1, -0.05) is 28.9 Å². The van der Waals surface area contributed by atoms with Gasteiger partial charge in [-0.25, -0.2) is 4.79 Å². The average Bonchev–Trinajstić information content (AvgIpc) is 3.04. The van der Waals surface area contributed by atoms with Gasteiger partial charge in [0.1, 0.15) is 5.69 Å². The smallest absolute Gasteiger partial charge is 0.328 e. The third kappa shape index (κ3) is 3.20. The molecule has 1 aliphatic heterocycles. The number of morpholine rings is 1. The molecule has 120 valence electrons. The Kier molecular flexibility index (Phi) is 4.31. The van der Waals surface area contributed by atoms with Crippen molar-refractivity contribution in [1.29, 1.82) is 0 Å². The van der Waals surface area contributed by atoms with Crippen LogP contribution in [0.2, 0.25) is 5.02 Å². The molecule has 1 fully saturated rings. The van der Waals surface area contributed by atoms with Crippen LogP contribution in [0.5, 0.6) is 0 Å². The van der Waals surface area contributed by atoms with Gasteiger partial charge in [-0.3, -0.25) is 4.79 Å². The van der Waals surface area contributed by atoms with Gasteiger partial charge in [0.15, 0.2) is 6.04 Å². The van der Waals surface area contributed by atoms with Crippen LogP contribution in [0.3, 0.4) is 0 Å². The average molecular weight is 337 g/mol. The van der Waals surface area contributed by atoms with E-state index in [1.165, 1.54) is 11.0 Å². The summed E-state index contributed by atoms with van der Waals surface area (Å²) in [7, 11) is 0. The van der Waals surface area contributed by atoms with Crippen LogP contribution in [0.15, 0.2) is 34.9 Å². The zero-order valence-electron chi connectivity index (χ0n) is 11.9. The van der Waals surface area contributed by atoms with Gasteiger partial charge >= 0.3 is 5.97 Å². The summed E-state index contributed by atoms with van der Waals surface area (Å²) in [5.74, 6) is -1.66. The monoisotopic (exact) mass is 336 g/mol. The Hall–Kier alpha value is -2.38. The van der Waals surface area contributed by atoms with Gasteiger partial charge in [0.2, 0.25) is 5.76 Å². The van der Waals surface area contributed by atoms with Crippen molar-refractivity contribution in [2.45, 2.75) is 6.04 Å². The Morgan fingerprint density at radius 2 is 2.17 bits per heavy atom. The number of nitrogens with zero attached hydrogens (tertiary/aromatic N) is 2. The van der Waals surface area contributed by atoms with Gasteiger partial charge in [-0.05, 0) is 12.1 Å². The molecule has 0 radical (unpaired) electrons. The topological polar surface area (TPSA) is 92.9 Å². The number of aliphatic carboxylic acids is 1.